The molecule has 0 spiro atoms. The number of rotatable bonds is 5. The second-order valence-corrected chi connectivity index (χ2v) is 4.32. The fourth-order valence-electron chi connectivity index (χ4n) is 0.608. The van der Waals surface area contributed by atoms with Crippen molar-refractivity contribution in [1.82, 2.24) is 0 Å². The van der Waals surface area contributed by atoms with Crippen molar-refractivity contribution in [1.29, 1.82) is 0 Å². The summed E-state index contributed by atoms with van der Waals surface area (Å²) in [7, 11) is -3.70. The molecule has 0 amide bonds. The SMILES string of the molecule is CC(C=O)OC(=O)C(C)OS(C)(=O)=O. The molecule has 0 radical (unpaired) electrons. The topological polar surface area (TPSA) is 86.7 Å². The molecular formula is C7H12O6S. The van der Waals surface area contributed by atoms with Gasteiger partial charge < -0.3 is 4.74 Å². The Balaban J connectivity index is 4.20. The maximum absolute atomic E-state index is 11.0. The van der Waals surface area contributed by atoms with Crippen LogP contribution in [-0.2, 0) is 28.6 Å². The smallest absolute Gasteiger partial charge is 0.337 e. The number of hydrogen-bond donors (Lipinski definition) is 0. The molecule has 0 heterocycles. The number of hydrogen-bond acceptors (Lipinski definition) is 6. The quantitative estimate of drug-likeness (QED) is 0.355. The Hall–Kier alpha value is -0.950. The number of esters is 1. The second-order valence-electron chi connectivity index (χ2n) is 2.72. The van der Waals surface area contributed by atoms with Crippen molar-refractivity contribution < 1.29 is 26.9 Å². The van der Waals surface area contributed by atoms with Crippen LogP contribution >= 0.6 is 0 Å². The molecule has 0 aliphatic rings. The summed E-state index contributed by atoms with van der Waals surface area (Å²) in [5.74, 6) is -0.893. The summed E-state index contributed by atoms with van der Waals surface area (Å²) >= 11 is 0. The molecule has 0 aromatic rings. The van der Waals surface area contributed by atoms with Gasteiger partial charge in [-0.15, -0.1) is 0 Å². The molecule has 6 nitrogen and oxygen atoms in total. The van der Waals surface area contributed by atoms with Crippen LogP contribution in [0.1, 0.15) is 13.8 Å². The van der Waals surface area contributed by atoms with Gasteiger partial charge in [0.15, 0.2) is 18.5 Å². The van der Waals surface area contributed by atoms with E-state index in [1.807, 2.05) is 0 Å². The fourth-order valence-corrected chi connectivity index (χ4v) is 1.21. The summed E-state index contributed by atoms with van der Waals surface area (Å²) in [4.78, 5) is 21.1. The van der Waals surface area contributed by atoms with Gasteiger partial charge in [0, 0.05) is 0 Å². The van der Waals surface area contributed by atoms with Crippen LogP contribution in [0.25, 0.3) is 0 Å². The lowest BCUT2D eigenvalue weighted by Gasteiger charge is -2.12. The predicted molar refractivity (Wildman–Crippen MR) is 47.0 cm³/mol. The molecule has 0 aliphatic heterocycles. The predicted octanol–water partition coefficient (Wildman–Crippen LogP) is -0.518. The molecule has 0 aromatic carbocycles. The highest BCUT2D eigenvalue weighted by Gasteiger charge is 2.21. The minimum absolute atomic E-state index is 0.422. The number of ether oxygens (including phenoxy) is 1. The maximum Gasteiger partial charge on any atom is 0.337 e. The average molecular weight is 224 g/mol. The van der Waals surface area contributed by atoms with Crippen molar-refractivity contribution >= 4 is 22.4 Å². The maximum atomic E-state index is 11.0. The molecule has 0 aromatic heterocycles. The van der Waals surface area contributed by atoms with Gasteiger partial charge in [0.2, 0.25) is 0 Å². The molecule has 0 fully saturated rings. The Bertz CT molecular complexity index is 306. The van der Waals surface area contributed by atoms with E-state index in [1.165, 1.54) is 13.8 Å². The van der Waals surface area contributed by atoms with Crippen molar-refractivity contribution in [3.05, 3.63) is 0 Å². The van der Waals surface area contributed by atoms with Crippen molar-refractivity contribution in [2.45, 2.75) is 26.1 Å². The lowest BCUT2D eigenvalue weighted by Crippen LogP contribution is -2.29. The highest BCUT2D eigenvalue weighted by molar-refractivity contribution is 7.86. The molecular weight excluding hydrogens is 212 g/mol. The van der Waals surface area contributed by atoms with E-state index in [4.69, 9.17) is 0 Å². The molecule has 0 rings (SSSR count). The summed E-state index contributed by atoms with van der Waals surface area (Å²) in [6.45, 7) is 2.58. The highest BCUT2D eigenvalue weighted by atomic mass is 32.2. The average Bonchev–Trinajstić information content (AvgIpc) is 2.00. The van der Waals surface area contributed by atoms with Crippen LogP contribution in [0.4, 0.5) is 0 Å². The Labute approximate surface area is 82.3 Å². The lowest BCUT2D eigenvalue weighted by molar-refractivity contribution is -0.157. The number of carbonyl (C=O) groups is 2. The third-order valence-electron chi connectivity index (χ3n) is 1.14. The fraction of sp³-hybridized carbons (Fsp3) is 0.714. The van der Waals surface area contributed by atoms with Crippen molar-refractivity contribution in [2.75, 3.05) is 6.26 Å². The van der Waals surface area contributed by atoms with Gasteiger partial charge in [-0.05, 0) is 13.8 Å². The number of carbonyl (C=O) groups excluding carboxylic acids is 2. The van der Waals surface area contributed by atoms with Gasteiger partial charge in [-0.3, -0.25) is 8.98 Å². The van der Waals surface area contributed by atoms with Gasteiger partial charge in [-0.2, -0.15) is 8.42 Å². The van der Waals surface area contributed by atoms with Gasteiger partial charge in [0.05, 0.1) is 6.26 Å². The van der Waals surface area contributed by atoms with Crippen LogP contribution in [-0.4, -0.2) is 39.1 Å². The van der Waals surface area contributed by atoms with Gasteiger partial charge in [-0.1, -0.05) is 0 Å². The van der Waals surface area contributed by atoms with Gasteiger partial charge in [0.25, 0.3) is 10.1 Å². The molecule has 0 bridgehead atoms. The van der Waals surface area contributed by atoms with E-state index in [2.05, 4.69) is 8.92 Å². The Morgan fingerprint density at radius 1 is 1.36 bits per heavy atom. The summed E-state index contributed by atoms with van der Waals surface area (Å²) in [5, 5.41) is 0. The molecule has 82 valence electrons. The summed E-state index contributed by atoms with van der Waals surface area (Å²) in [6.07, 6.45) is -0.911. The van der Waals surface area contributed by atoms with Gasteiger partial charge in [-0.25, -0.2) is 4.79 Å². The van der Waals surface area contributed by atoms with E-state index >= 15 is 0 Å². The van der Waals surface area contributed by atoms with Gasteiger partial charge >= 0.3 is 5.97 Å². The first-order valence-electron chi connectivity index (χ1n) is 3.80. The Morgan fingerprint density at radius 3 is 2.21 bits per heavy atom. The van der Waals surface area contributed by atoms with E-state index in [9.17, 15) is 18.0 Å². The monoisotopic (exact) mass is 224 g/mol. The first-order chi connectivity index (χ1) is 6.26. The molecule has 2 atom stereocenters. The highest BCUT2D eigenvalue weighted by Crippen LogP contribution is 2.01. The molecule has 0 N–H and O–H groups in total. The largest absolute Gasteiger partial charge is 0.453 e. The third kappa shape index (κ3) is 5.65. The van der Waals surface area contributed by atoms with E-state index in [1.54, 1.807) is 0 Å². The first-order valence-corrected chi connectivity index (χ1v) is 5.62. The Morgan fingerprint density at radius 2 is 1.86 bits per heavy atom. The van der Waals surface area contributed by atoms with E-state index < -0.39 is 28.3 Å². The van der Waals surface area contributed by atoms with Crippen molar-refractivity contribution in [3.63, 3.8) is 0 Å². The molecule has 0 saturated heterocycles. The van der Waals surface area contributed by atoms with Gasteiger partial charge in [0.1, 0.15) is 0 Å². The number of aldehydes is 1. The zero-order valence-electron chi connectivity index (χ0n) is 8.09. The van der Waals surface area contributed by atoms with Crippen LogP contribution in [0.5, 0.6) is 0 Å². The van der Waals surface area contributed by atoms with E-state index in [-0.39, 0.29) is 0 Å². The standard InChI is InChI=1S/C7H12O6S/c1-5(4-8)12-7(9)6(2)13-14(3,10)11/h4-6H,1-3H3. The Kier molecular flexibility index (Phi) is 4.72. The summed E-state index contributed by atoms with van der Waals surface area (Å²) in [6, 6.07) is 0. The van der Waals surface area contributed by atoms with Crippen LogP contribution < -0.4 is 0 Å². The third-order valence-corrected chi connectivity index (χ3v) is 1.78. The molecule has 14 heavy (non-hydrogen) atoms. The van der Waals surface area contributed by atoms with Crippen LogP contribution in [0, 0.1) is 0 Å². The normalized spacial score (nSPS) is 15.6. The molecule has 0 saturated carbocycles. The zero-order valence-corrected chi connectivity index (χ0v) is 8.91. The molecule has 7 heteroatoms. The molecule has 2 unspecified atom stereocenters. The zero-order chi connectivity index (χ0) is 11.4. The lowest BCUT2D eigenvalue weighted by atomic mass is 10.4. The summed E-state index contributed by atoms with van der Waals surface area (Å²) < 4.78 is 30.0. The first kappa shape index (κ1) is 13.1. The van der Waals surface area contributed by atoms with Crippen LogP contribution in [0.3, 0.4) is 0 Å². The van der Waals surface area contributed by atoms with E-state index in [0.717, 1.165) is 6.26 Å². The minimum Gasteiger partial charge on any atom is -0.453 e. The minimum atomic E-state index is -3.70. The molecule has 0 aliphatic carbocycles. The van der Waals surface area contributed by atoms with Crippen LogP contribution in [0.2, 0.25) is 0 Å². The van der Waals surface area contributed by atoms with E-state index in [0.29, 0.717) is 6.29 Å². The second kappa shape index (κ2) is 5.06. The summed E-state index contributed by atoms with van der Waals surface area (Å²) in [5.41, 5.74) is 0. The van der Waals surface area contributed by atoms with Crippen molar-refractivity contribution in [3.8, 4) is 0 Å². The van der Waals surface area contributed by atoms with Crippen molar-refractivity contribution in [2.24, 2.45) is 0 Å². The van der Waals surface area contributed by atoms with Crippen LogP contribution in [0.15, 0.2) is 0 Å².